The fourth-order valence-electron chi connectivity index (χ4n) is 2.33. The molecule has 3 rings (SSSR count). The molecule has 0 radical (unpaired) electrons. The second-order valence-corrected chi connectivity index (χ2v) is 6.03. The molecule has 1 saturated carbocycles. The normalized spacial score (nSPS) is 13.9. The zero-order valence-electron chi connectivity index (χ0n) is 14.2. The average molecular weight is 383 g/mol. The fraction of sp³-hybridized carbons (Fsp3) is 0.375. The van der Waals surface area contributed by atoms with Crippen molar-refractivity contribution in [1.82, 2.24) is 15.0 Å². The van der Waals surface area contributed by atoms with E-state index in [9.17, 15) is 22.8 Å². The highest BCUT2D eigenvalue weighted by atomic mass is 19.4. The number of hydrogen-bond acceptors (Lipinski definition) is 5. The van der Waals surface area contributed by atoms with E-state index in [4.69, 9.17) is 4.74 Å². The number of amides is 2. The molecule has 0 bridgehead atoms. The van der Waals surface area contributed by atoms with Gasteiger partial charge in [-0.15, -0.1) is 5.10 Å². The van der Waals surface area contributed by atoms with Crippen molar-refractivity contribution in [2.75, 3.05) is 17.7 Å². The number of anilines is 2. The third kappa shape index (κ3) is 4.74. The molecule has 1 aromatic heterocycles. The Hall–Kier alpha value is -3.11. The van der Waals surface area contributed by atoms with Crippen LogP contribution >= 0.6 is 0 Å². The van der Waals surface area contributed by atoms with Gasteiger partial charge in [0, 0.05) is 5.92 Å². The quantitative estimate of drug-likeness (QED) is 0.798. The third-order valence-electron chi connectivity index (χ3n) is 3.84. The van der Waals surface area contributed by atoms with Gasteiger partial charge < -0.3 is 15.4 Å². The van der Waals surface area contributed by atoms with Gasteiger partial charge in [0.05, 0.1) is 24.6 Å². The maximum absolute atomic E-state index is 12.8. The summed E-state index contributed by atoms with van der Waals surface area (Å²) < 4.78 is 44.7. The molecule has 1 aliphatic carbocycles. The van der Waals surface area contributed by atoms with E-state index in [0.717, 1.165) is 35.7 Å². The van der Waals surface area contributed by atoms with Crippen LogP contribution in [0.2, 0.25) is 0 Å². The number of aromatic nitrogens is 3. The molecular weight excluding hydrogens is 367 g/mol. The molecule has 2 amide bonds. The van der Waals surface area contributed by atoms with Crippen LogP contribution in [-0.2, 0) is 22.3 Å². The van der Waals surface area contributed by atoms with Crippen LogP contribution in [-0.4, -0.2) is 33.9 Å². The molecule has 1 aliphatic rings. The number of benzene rings is 1. The number of nitrogens with zero attached hydrogens (tertiary/aromatic N) is 3. The first kappa shape index (κ1) is 18.7. The van der Waals surface area contributed by atoms with E-state index in [1.165, 1.54) is 13.3 Å². The molecule has 0 unspecified atom stereocenters. The van der Waals surface area contributed by atoms with E-state index in [0.29, 0.717) is 0 Å². The van der Waals surface area contributed by atoms with Gasteiger partial charge in [-0.25, -0.2) is 4.68 Å². The lowest BCUT2D eigenvalue weighted by molar-refractivity contribution is -0.137. The maximum atomic E-state index is 12.8. The number of carbonyl (C=O) groups excluding carboxylic acids is 2. The summed E-state index contributed by atoms with van der Waals surface area (Å²) in [6.45, 7) is -0.300. The summed E-state index contributed by atoms with van der Waals surface area (Å²) in [6, 6.07) is 2.78. The number of hydrogen-bond donors (Lipinski definition) is 2. The van der Waals surface area contributed by atoms with Gasteiger partial charge in [0.15, 0.2) is 5.82 Å². The zero-order valence-corrected chi connectivity index (χ0v) is 14.2. The largest absolute Gasteiger partial charge is 0.495 e. The monoisotopic (exact) mass is 383 g/mol. The first-order valence-corrected chi connectivity index (χ1v) is 8.02. The number of carbonyl (C=O) groups is 2. The Morgan fingerprint density at radius 2 is 2.04 bits per heavy atom. The van der Waals surface area contributed by atoms with Crippen molar-refractivity contribution < 1.29 is 27.5 Å². The molecule has 2 aromatic rings. The third-order valence-corrected chi connectivity index (χ3v) is 3.84. The Kier molecular flexibility index (Phi) is 5.02. The van der Waals surface area contributed by atoms with Crippen LogP contribution in [0, 0.1) is 5.92 Å². The molecule has 1 heterocycles. The smallest absolute Gasteiger partial charge is 0.416 e. The van der Waals surface area contributed by atoms with Crippen LogP contribution in [0.4, 0.5) is 24.7 Å². The highest BCUT2D eigenvalue weighted by Crippen LogP contribution is 2.35. The standard InChI is InChI=1S/C16H16F3N5O3/c1-27-12-5-4-10(16(17,18)19)6-11(12)20-14(25)8-24-7-13(22-23-24)21-15(26)9-2-3-9/h4-7,9H,2-3,8H2,1H3,(H,20,25)(H,21,26). The molecular formula is C16H16F3N5O3. The predicted molar refractivity (Wildman–Crippen MR) is 88.0 cm³/mol. The molecule has 0 aliphatic heterocycles. The Balaban J connectivity index is 1.65. The van der Waals surface area contributed by atoms with Gasteiger partial charge in [-0.05, 0) is 31.0 Å². The molecule has 1 fully saturated rings. The highest BCUT2D eigenvalue weighted by molar-refractivity contribution is 5.93. The van der Waals surface area contributed by atoms with Gasteiger partial charge in [0.25, 0.3) is 0 Å². The number of nitrogens with one attached hydrogen (secondary N) is 2. The topological polar surface area (TPSA) is 98.1 Å². The molecule has 27 heavy (non-hydrogen) atoms. The summed E-state index contributed by atoms with van der Waals surface area (Å²) in [7, 11) is 1.28. The van der Waals surface area contributed by atoms with Crippen LogP contribution in [0.1, 0.15) is 18.4 Å². The molecule has 8 nitrogen and oxygen atoms in total. The number of ether oxygens (including phenoxy) is 1. The fourth-order valence-corrected chi connectivity index (χ4v) is 2.33. The lowest BCUT2D eigenvalue weighted by Gasteiger charge is -2.13. The van der Waals surface area contributed by atoms with Gasteiger partial charge in [-0.1, -0.05) is 5.21 Å². The van der Waals surface area contributed by atoms with Crippen LogP contribution in [0.25, 0.3) is 0 Å². The van der Waals surface area contributed by atoms with Crippen molar-refractivity contribution in [3.63, 3.8) is 0 Å². The number of methoxy groups -OCH3 is 1. The minimum atomic E-state index is -4.55. The van der Waals surface area contributed by atoms with Crippen molar-refractivity contribution in [1.29, 1.82) is 0 Å². The summed E-state index contributed by atoms with van der Waals surface area (Å²) in [5.41, 5.74) is -1.02. The summed E-state index contributed by atoms with van der Waals surface area (Å²) in [5, 5.41) is 12.4. The Morgan fingerprint density at radius 1 is 1.30 bits per heavy atom. The van der Waals surface area contributed by atoms with E-state index < -0.39 is 17.6 Å². The van der Waals surface area contributed by atoms with Crippen LogP contribution in [0.5, 0.6) is 5.75 Å². The molecule has 0 atom stereocenters. The second-order valence-electron chi connectivity index (χ2n) is 6.03. The lowest BCUT2D eigenvalue weighted by atomic mass is 10.1. The van der Waals surface area contributed by atoms with Gasteiger partial charge in [-0.2, -0.15) is 13.2 Å². The lowest BCUT2D eigenvalue weighted by Crippen LogP contribution is -2.20. The minimum Gasteiger partial charge on any atom is -0.495 e. The molecule has 0 saturated heterocycles. The van der Waals surface area contributed by atoms with E-state index in [2.05, 4.69) is 20.9 Å². The first-order chi connectivity index (χ1) is 12.8. The van der Waals surface area contributed by atoms with Crippen molar-refractivity contribution in [3.05, 3.63) is 30.0 Å². The summed E-state index contributed by atoms with van der Waals surface area (Å²) in [5.74, 6) is -0.492. The maximum Gasteiger partial charge on any atom is 0.416 e. The van der Waals surface area contributed by atoms with Crippen LogP contribution in [0.15, 0.2) is 24.4 Å². The summed E-state index contributed by atoms with van der Waals surface area (Å²) in [4.78, 5) is 23.8. The zero-order chi connectivity index (χ0) is 19.6. The van der Waals surface area contributed by atoms with E-state index >= 15 is 0 Å². The summed E-state index contributed by atoms with van der Waals surface area (Å²) >= 11 is 0. The SMILES string of the molecule is COc1ccc(C(F)(F)F)cc1NC(=O)Cn1cc(NC(=O)C2CC2)nn1. The number of halogens is 3. The van der Waals surface area contributed by atoms with Crippen molar-refractivity contribution >= 4 is 23.3 Å². The molecule has 1 aromatic carbocycles. The van der Waals surface area contributed by atoms with Crippen LogP contribution in [0.3, 0.4) is 0 Å². The number of rotatable bonds is 6. The Bertz CT molecular complexity index is 861. The molecule has 144 valence electrons. The van der Waals surface area contributed by atoms with Gasteiger partial charge in [0.1, 0.15) is 12.3 Å². The Morgan fingerprint density at radius 3 is 2.67 bits per heavy atom. The van der Waals surface area contributed by atoms with Gasteiger partial charge >= 0.3 is 6.18 Å². The highest BCUT2D eigenvalue weighted by Gasteiger charge is 2.31. The molecule has 0 spiro atoms. The summed E-state index contributed by atoms with van der Waals surface area (Å²) in [6.07, 6.45) is -1.52. The van der Waals surface area contributed by atoms with Crippen molar-refractivity contribution in [2.24, 2.45) is 5.92 Å². The number of alkyl halides is 3. The van der Waals surface area contributed by atoms with Crippen molar-refractivity contribution in [3.8, 4) is 5.75 Å². The minimum absolute atomic E-state index is 0.00757. The second kappa shape index (κ2) is 7.25. The van der Waals surface area contributed by atoms with Crippen molar-refractivity contribution in [2.45, 2.75) is 25.6 Å². The van der Waals surface area contributed by atoms with E-state index in [1.807, 2.05) is 0 Å². The predicted octanol–water partition coefficient (Wildman–Crippen LogP) is 2.29. The molecule has 2 N–H and O–H groups in total. The molecule has 11 heteroatoms. The first-order valence-electron chi connectivity index (χ1n) is 8.02. The van der Waals surface area contributed by atoms with Gasteiger partial charge in [0.2, 0.25) is 11.8 Å². The average Bonchev–Trinajstić information content (AvgIpc) is 3.36. The van der Waals surface area contributed by atoms with Gasteiger partial charge in [-0.3, -0.25) is 9.59 Å². The van der Waals surface area contributed by atoms with E-state index in [-0.39, 0.29) is 35.6 Å². The Labute approximate surface area is 151 Å². The van der Waals surface area contributed by atoms with Crippen LogP contribution < -0.4 is 15.4 Å². The van der Waals surface area contributed by atoms with E-state index in [1.54, 1.807) is 0 Å².